The zero-order valence-corrected chi connectivity index (χ0v) is 7.31. The van der Waals surface area contributed by atoms with E-state index in [1.807, 2.05) is 0 Å². The monoisotopic (exact) mass is 179 g/mol. The number of hydrogen-bond donors (Lipinski definition) is 2. The van der Waals surface area contributed by atoms with Gasteiger partial charge in [0, 0.05) is 14.1 Å². The maximum absolute atomic E-state index is 9.43. The van der Waals surface area contributed by atoms with E-state index < -0.39 is 0 Å². The van der Waals surface area contributed by atoms with Gasteiger partial charge in [-0.2, -0.15) is 9.97 Å². The molecular formula is C7H9N5O. The minimum atomic E-state index is -0.102. The summed E-state index contributed by atoms with van der Waals surface area (Å²) in [7, 11) is 3.50. The van der Waals surface area contributed by atoms with Crippen LogP contribution in [0.2, 0.25) is 0 Å². The van der Waals surface area contributed by atoms with E-state index in [0.717, 1.165) is 0 Å². The van der Waals surface area contributed by atoms with Crippen LogP contribution in [0.3, 0.4) is 0 Å². The number of anilines is 1. The lowest BCUT2D eigenvalue weighted by molar-refractivity contribution is 0.459. The van der Waals surface area contributed by atoms with Crippen molar-refractivity contribution in [3.05, 3.63) is 6.33 Å². The number of aromatic nitrogens is 4. The summed E-state index contributed by atoms with van der Waals surface area (Å²) in [4.78, 5) is 11.9. The highest BCUT2D eigenvalue weighted by atomic mass is 16.3. The van der Waals surface area contributed by atoms with Crippen LogP contribution in [0, 0.1) is 0 Å². The topological polar surface area (TPSA) is 75.9 Å². The molecule has 0 aromatic carbocycles. The first-order valence-electron chi connectivity index (χ1n) is 3.78. The van der Waals surface area contributed by atoms with Gasteiger partial charge >= 0.3 is 0 Å². The van der Waals surface area contributed by atoms with Gasteiger partial charge in [0.05, 0.1) is 6.33 Å². The summed E-state index contributed by atoms with van der Waals surface area (Å²) in [5.41, 5.74) is 1.03. The van der Waals surface area contributed by atoms with Gasteiger partial charge in [0.15, 0.2) is 11.2 Å². The van der Waals surface area contributed by atoms with Crippen LogP contribution in [0.15, 0.2) is 6.33 Å². The number of nitrogens with zero attached hydrogens (tertiary/aromatic N) is 4. The predicted octanol–water partition coefficient (Wildman–Crippen LogP) is 0.111. The standard InChI is InChI=1S/C7H9N5O/c1-8-7-10-5-4(6(13)11-7)9-3-12(5)2/h3H,1-2H3,(H2,8,10,11,13). The molecule has 0 radical (unpaired) electrons. The van der Waals surface area contributed by atoms with E-state index >= 15 is 0 Å². The van der Waals surface area contributed by atoms with Gasteiger partial charge in [0.2, 0.25) is 11.8 Å². The summed E-state index contributed by atoms with van der Waals surface area (Å²) in [6.07, 6.45) is 1.58. The van der Waals surface area contributed by atoms with Crippen molar-refractivity contribution in [2.24, 2.45) is 7.05 Å². The molecule has 0 amide bonds. The quantitative estimate of drug-likeness (QED) is 0.649. The van der Waals surface area contributed by atoms with Crippen LogP contribution in [0.1, 0.15) is 0 Å². The molecule has 0 atom stereocenters. The Balaban J connectivity index is 2.80. The van der Waals surface area contributed by atoms with E-state index in [0.29, 0.717) is 17.1 Å². The minimum absolute atomic E-state index is 0.102. The first kappa shape index (κ1) is 7.78. The van der Waals surface area contributed by atoms with Crippen LogP contribution in [0.25, 0.3) is 11.2 Å². The molecule has 2 heterocycles. The first-order valence-corrected chi connectivity index (χ1v) is 3.78. The molecule has 0 bridgehead atoms. The summed E-state index contributed by atoms with van der Waals surface area (Å²) >= 11 is 0. The predicted molar refractivity (Wildman–Crippen MR) is 47.5 cm³/mol. The van der Waals surface area contributed by atoms with Crippen LogP contribution in [0.5, 0.6) is 5.88 Å². The molecule has 0 saturated carbocycles. The molecule has 2 aromatic rings. The zero-order chi connectivity index (χ0) is 9.42. The number of hydrogen-bond acceptors (Lipinski definition) is 5. The highest BCUT2D eigenvalue weighted by molar-refractivity contribution is 5.77. The summed E-state index contributed by atoms with van der Waals surface area (Å²) < 4.78 is 1.72. The van der Waals surface area contributed by atoms with Crippen LogP contribution < -0.4 is 5.32 Å². The van der Waals surface area contributed by atoms with Gasteiger partial charge in [0.1, 0.15) is 0 Å². The van der Waals surface area contributed by atoms with E-state index in [2.05, 4.69) is 20.3 Å². The Morgan fingerprint density at radius 1 is 1.46 bits per heavy atom. The van der Waals surface area contributed by atoms with Crippen molar-refractivity contribution in [1.29, 1.82) is 0 Å². The molecular weight excluding hydrogens is 170 g/mol. The molecule has 0 aliphatic carbocycles. The molecule has 2 N–H and O–H groups in total. The maximum atomic E-state index is 9.43. The normalized spacial score (nSPS) is 10.6. The molecule has 0 aliphatic heterocycles. The van der Waals surface area contributed by atoms with Crippen molar-refractivity contribution in [1.82, 2.24) is 19.5 Å². The molecule has 0 spiro atoms. The van der Waals surface area contributed by atoms with Crippen molar-refractivity contribution in [2.45, 2.75) is 0 Å². The van der Waals surface area contributed by atoms with E-state index in [1.54, 1.807) is 25.0 Å². The maximum Gasteiger partial charge on any atom is 0.244 e. The Labute approximate surface area is 74.3 Å². The molecule has 68 valence electrons. The van der Waals surface area contributed by atoms with Crippen molar-refractivity contribution in [3.63, 3.8) is 0 Å². The van der Waals surface area contributed by atoms with Crippen molar-refractivity contribution in [2.75, 3.05) is 12.4 Å². The number of aryl methyl sites for hydroxylation is 1. The van der Waals surface area contributed by atoms with E-state index in [4.69, 9.17) is 0 Å². The first-order chi connectivity index (χ1) is 6.22. The Kier molecular flexibility index (Phi) is 1.54. The Bertz CT molecular complexity index is 449. The van der Waals surface area contributed by atoms with Crippen molar-refractivity contribution < 1.29 is 5.11 Å². The largest absolute Gasteiger partial charge is 0.492 e. The van der Waals surface area contributed by atoms with Crippen molar-refractivity contribution >= 4 is 17.1 Å². The molecule has 6 nitrogen and oxygen atoms in total. The van der Waals surface area contributed by atoms with Crippen molar-refractivity contribution in [3.8, 4) is 5.88 Å². The lowest BCUT2D eigenvalue weighted by Crippen LogP contribution is -1.98. The second-order valence-corrected chi connectivity index (χ2v) is 2.65. The number of aromatic hydroxyl groups is 1. The highest BCUT2D eigenvalue weighted by Crippen LogP contribution is 2.19. The molecule has 0 aliphatic rings. The second kappa shape index (κ2) is 2.58. The van der Waals surface area contributed by atoms with E-state index in [-0.39, 0.29) is 5.88 Å². The minimum Gasteiger partial charge on any atom is -0.492 e. The fraction of sp³-hybridized carbons (Fsp3) is 0.286. The Hall–Kier alpha value is -1.85. The van der Waals surface area contributed by atoms with Crippen LogP contribution in [-0.2, 0) is 7.05 Å². The number of rotatable bonds is 1. The zero-order valence-electron chi connectivity index (χ0n) is 7.31. The average Bonchev–Trinajstić information content (AvgIpc) is 2.48. The van der Waals surface area contributed by atoms with Gasteiger partial charge in [-0.1, -0.05) is 0 Å². The Morgan fingerprint density at radius 3 is 2.92 bits per heavy atom. The van der Waals surface area contributed by atoms with Gasteiger partial charge < -0.3 is 15.0 Å². The SMILES string of the molecule is CNc1nc(O)c2ncn(C)c2n1. The van der Waals surface area contributed by atoms with Gasteiger partial charge in [-0.15, -0.1) is 0 Å². The summed E-state index contributed by atoms with van der Waals surface area (Å²) in [6.45, 7) is 0. The van der Waals surface area contributed by atoms with Crippen LogP contribution in [0.4, 0.5) is 5.95 Å². The third kappa shape index (κ3) is 1.07. The second-order valence-electron chi connectivity index (χ2n) is 2.65. The third-order valence-electron chi connectivity index (χ3n) is 1.76. The Morgan fingerprint density at radius 2 is 2.23 bits per heavy atom. The summed E-state index contributed by atoms with van der Waals surface area (Å²) in [6, 6.07) is 0. The smallest absolute Gasteiger partial charge is 0.244 e. The van der Waals surface area contributed by atoms with E-state index in [9.17, 15) is 5.11 Å². The summed E-state index contributed by atoms with van der Waals surface area (Å²) in [5, 5.41) is 12.2. The number of imidazole rings is 1. The molecule has 2 aromatic heterocycles. The number of fused-ring (bicyclic) bond motifs is 1. The van der Waals surface area contributed by atoms with E-state index in [1.165, 1.54) is 0 Å². The average molecular weight is 179 g/mol. The molecule has 0 unspecified atom stereocenters. The fourth-order valence-electron chi connectivity index (χ4n) is 1.10. The summed E-state index contributed by atoms with van der Waals surface area (Å²) in [5.74, 6) is 0.281. The lowest BCUT2D eigenvalue weighted by Gasteiger charge is -1.99. The molecule has 2 rings (SSSR count). The third-order valence-corrected chi connectivity index (χ3v) is 1.76. The van der Waals surface area contributed by atoms with Gasteiger partial charge in [-0.25, -0.2) is 4.98 Å². The molecule has 6 heteroatoms. The number of nitrogens with one attached hydrogen (secondary N) is 1. The molecule has 0 saturated heterocycles. The highest BCUT2D eigenvalue weighted by Gasteiger charge is 2.09. The molecule has 0 fully saturated rings. The van der Waals surface area contributed by atoms with Crippen LogP contribution >= 0.6 is 0 Å². The van der Waals surface area contributed by atoms with Gasteiger partial charge in [-0.3, -0.25) is 0 Å². The molecule has 13 heavy (non-hydrogen) atoms. The van der Waals surface area contributed by atoms with Gasteiger partial charge in [0.25, 0.3) is 0 Å². The lowest BCUT2D eigenvalue weighted by atomic mass is 10.5. The fourth-order valence-corrected chi connectivity index (χ4v) is 1.10. The van der Waals surface area contributed by atoms with Crippen LogP contribution in [-0.4, -0.2) is 31.7 Å². The van der Waals surface area contributed by atoms with Gasteiger partial charge in [-0.05, 0) is 0 Å².